The van der Waals surface area contributed by atoms with Gasteiger partial charge in [0.05, 0.1) is 15.7 Å². The summed E-state index contributed by atoms with van der Waals surface area (Å²) in [5.41, 5.74) is 8.91. The van der Waals surface area contributed by atoms with E-state index in [2.05, 4.69) is 15.5 Å². The molecule has 1 saturated heterocycles. The van der Waals surface area contributed by atoms with Crippen LogP contribution < -0.4 is 16.4 Å². The van der Waals surface area contributed by atoms with Crippen LogP contribution in [0.2, 0.25) is 10.0 Å². The third kappa shape index (κ3) is 9.92. The van der Waals surface area contributed by atoms with E-state index >= 15 is 0 Å². The maximum atomic E-state index is 12.9. The Morgan fingerprint density at radius 1 is 1.11 bits per heavy atom. The van der Waals surface area contributed by atoms with E-state index in [9.17, 15) is 14.4 Å². The molecule has 13 heteroatoms. The van der Waals surface area contributed by atoms with E-state index in [1.54, 1.807) is 13.0 Å². The van der Waals surface area contributed by atoms with Crippen LogP contribution in [0.25, 0.3) is 11.3 Å². The number of nitrogens with two attached hydrogens (primary N) is 1. The first kappa shape index (κ1) is 34.2. The SMILES string of the molecule is CC(=O)N[C@@H](CCCCN)C(=O)Nc1cccc(-c2csc(SN(C(C)=O)C3CCN(Cc4ccc(Cl)c(Cl)c4)CC3)n2)c1. The Bertz CT molecular complexity index is 1450. The van der Waals surface area contributed by atoms with E-state index in [1.165, 1.54) is 30.2 Å². The molecule has 2 heterocycles. The molecule has 44 heavy (non-hydrogen) atoms. The van der Waals surface area contributed by atoms with Crippen molar-refractivity contribution < 1.29 is 14.4 Å². The van der Waals surface area contributed by atoms with Crippen molar-refractivity contribution in [3.8, 4) is 11.3 Å². The fourth-order valence-corrected chi connectivity index (χ4v) is 7.34. The minimum Gasteiger partial charge on any atom is -0.345 e. The van der Waals surface area contributed by atoms with Gasteiger partial charge in [0.15, 0.2) is 4.34 Å². The molecule has 9 nitrogen and oxygen atoms in total. The van der Waals surface area contributed by atoms with Gasteiger partial charge >= 0.3 is 0 Å². The second-order valence-electron chi connectivity index (χ2n) is 10.8. The lowest BCUT2D eigenvalue weighted by Crippen LogP contribution is -2.43. The van der Waals surface area contributed by atoms with Crippen LogP contribution in [-0.4, -0.2) is 63.6 Å². The molecule has 1 aliphatic heterocycles. The van der Waals surface area contributed by atoms with Crippen molar-refractivity contribution in [2.75, 3.05) is 25.0 Å². The number of carbonyl (C=O) groups excluding carboxylic acids is 3. The Kier molecular flexibility index (Phi) is 12.9. The summed E-state index contributed by atoms with van der Waals surface area (Å²) in [7, 11) is 0. The highest BCUT2D eigenvalue weighted by molar-refractivity contribution is 7.99. The number of hydrogen-bond acceptors (Lipinski definition) is 8. The molecule has 2 aromatic carbocycles. The quantitative estimate of drug-likeness (QED) is 0.145. The molecule has 1 fully saturated rings. The minimum atomic E-state index is -0.634. The van der Waals surface area contributed by atoms with Gasteiger partial charge in [-0.2, -0.15) is 0 Å². The Morgan fingerprint density at radius 2 is 1.89 bits per heavy atom. The first-order valence-electron chi connectivity index (χ1n) is 14.6. The van der Waals surface area contributed by atoms with Crippen molar-refractivity contribution in [3.63, 3.8) is 0 Å². The van der Waals surface area contributed by atoms with Crippen molar-refractivity contribution in [1.82, 2.24) is 19.5 Å². The second-order valence-corrected chi connectivity index (χ2v) is 13.7. The van der Waals surface area contributed by atoms with Crippen LogP contribution in [0.5, 0.6) is 0 Å². The van der Waals surface area contributed by atoms with Gasteiger partial charge in [0.25, 0.3) is 0 Å². The number of carbonyl (C=O) groups is 3. The normalized spacial score (nSPS) is 14.7. The minimum absolute atomic E-state index is 0.000389. The summed E-state index contributed by atoms with van der Waals surface area (Å²) < 4.78 is 2.62. The summed E-state index contributed by atoms with van der Waals surface area (Å²) in [5.74, 6) is -0.531. The smallest absolute Gasteiger partial charge is 0.246 e. The van der Waals surface area contributed by atoms with Gasteiger partial charge in [0.2, 0.25) is 17.7 Å². The zero-order valence-electron chi connectivity index (χ0n) is 24.9. The molecule has 4 N–H and O–H groups in total. The molecule has 0 aliphatic carbocycles. The molecule has 0 bridgehead atoms. The number of amides is 3. The molecule has 0 spiro atoms. The molecule has 236 valence electrons. The number of likely N-dealkylation sites (tertiary alicyclic amines) is 1. The third-order valence-electron chi connectivity index (χ3n) is 7.32. The monoisotopic (exact) mass is 676 g/mol. The first-order valence-corrected chi connectivity index (χ1v) is 17.0. The van der Waals surface area contributed by atoms with E-state index in [-0.39, 0.29) is 23.8 Å². The maximum absolute atomic E-state index is 12.9. The first-order chi connectivity index (χ1) is 21.1. The van der Waals surface area contributed by atoms with Crippen LogP contribution in [0.4, 0.5) is 5.69 Å². The predicted molar refractivity (Wildman–Crippen MR) is 180 cm³/mol. The molecular formula is C31H38Cl2N6O3S2. The number of aromatic nitrogens is 1. The Morgan fingerprint density at radius 3 is 2.57 bits per heavy atom. The average Bonchev–Trinajstić information content (AvgIpc) is 3.47. The highest BCUT2D eigenvalue weighted by Crippen LogP contribution is 2.35. The summed E-state index contributed by atoms with van der Waals surface area (Å²) in [6, 6.07) is 12.6. The predicted octanol–water partition coefficient (Wildman–Crippen LogP) is 6.21. The van der Waals surface area contributed by atoms with Crippen LogP contribution in [0.15, 0.2) is 52.2 Å². The fourth-order valence-electron chi connectivity index (χ4n) is 5.11. The van der Waals surface area contributed by atoms with E-state index in [1.807, 2.05) is 46.1 Å². The highest BCUT2D eigenvalue weighted by Gasteiger charge is 2.28. The third-order valence-corrected chi connectivity index (χ3v) is 10.2. The van der Waals surface area contributed by atoms with Gasteiger partial charge in [-0.3, -0.25) is 23.6 Å². The number of anilines is 1. The molecule has 0 unspecified atom stereocenters. The number of unbranched alkanes of at least 4 members (excludes halogenated alkanes) is 1. The lowest BCUT2D eigenvalue weighted by Gasteiger charge is -2.37. The van der Waals surface area contributed by atoms with Crippen LogP contribution >= 0.6 is 46.5 Å². The number of rotatable bonds is 13. The average molecular weight is 678 g/mol. The number of benzene rings is 2. The van der Waals surface area contributed by atoms with Crippen LogP contribution in [0.3, 0.4) is 0 Å². The topological polar surface area (TPSA) is 121 Å². The van der Waals surface area contributed by atoms with Gasteiger partial charge < -0.3 is 16.4 Å². The Hall–Kier alpha value is -2.67. The second kappa shape index (κ2) is 16.6. The van der Waals surface area contributed by atoms with Gasteiger partial charge in [-0.1, -0.05) is 41.4 Å². The fraction of sp³-hybridized carbons (Fsp3) is 0.419. The summed E-state index contributed by atoms with van der Waals surface area (Å²) in [6.45, 7) is 6.06. The van der Waals surface area contributed by atoms with Gasteiger partial charge in [0.1, 0.15) is 6.04 Å². The van der Waals surface area contributed by atoms with Crippen LogP contribution in [0.1, 0.15) is 51.5 Å². The zero-order valence-corrected chi connectivity index (χ0v) is 28.0. The molecule has 1 atom stereocenters. The number of halogens is 2. The van der Waals surface area contributed by atoms with E-state index in [0.717, 1.165) is 66.5 Å². The molecule has 0 radical (unpaired) electrons. The van der Waals surface area contributed by atoms with Gasteiger partial charge in [-0.25, -0.2) is 4.98 Å². The molecule has 3 amide bonds. The standard InChI is InChI=1S/C31H38Cl2N6O3S2/c1-20(40)35-28(8-3-4-13-34)30(42)36-24-7-5-6-23(17-24)29-19-43-31(37-29)44-39(21(2)41)25-11-14-38(15-12-25)18-22-9-10-26(32)27(33)16-22/h5-7,9-10,16-17,19,25,28H,3-4,8,11-15,18,34H2,1-2H3,(H,35,40)(H,36,42)/t28-/m0/s1. The largest absolute Gasteiger partial charge is 0.345 e. The molecule has 0 saturated carbocycles. The van der Waals surface area contributed by atoms with Crippen LogP contribution in [0, 0.1) is 0 Å². The van der Waals surface area contributed by atoms with Crippen molar-refractivity contribution in [2.45, 2.75) is 68.9 Å². The molecule has 4 rings (SSSR count). The molecule has 3 aromatic rings. The number of thiazole rings is 1. The van der Waals surface area contributed by atoms with Crippen LogP contribution in [-0.2, 0) is 20.9 Å². The Labute approximate surface area is 277 Å². The molecular weight excluding hydrogens is 639 g/mol. The summed E-state index contributed by atoms with van der Waals surface area (Å²) >= 11 is 15.1. The van der Waals surface area contributed by atoms with E-state index in [0.29, 0.717) is 28.7 Å². The van der Waals surface area contributed by atoms with Crippen molar-refractivity contribution in [1.29, 1.82) is 0 Å². The summed E-state index contributed by atoms with van der Waals surface area (Å²) in [6.07, 6.45) is 3.75. The number of piperidine rings is 1. The zero-order chi connectivity index (χ0) is 31.6. The lowest BCUT2D eigenvalue weighted by molar-refractivity contribution is -0.126. The van der Waals surface area contributed by atoms with Crippen molar-refractivity contribution in [3.05, 3.63) is 63.5 Å². The number of nitrogens with one attached hydrogen (secondary N) is 2. The maximum Gasteiger partial charge on any atom is 0.246 e. The Balaban J connectivity index is 1.35. The van der Waals surface area contributed by atoms with E-state index in [4.69, 9.17) is 33.9 Å². The van der Waals surface area contributed by atoms with Gasteiger partial charge in [-0.05, 0) is 68.5 Å². The van der Waals surface area contributed by atoms with Crippen molar-refractivity contribution in [2.24, 2.45) is 5.73 Å². The lowest BCUT2D eigenvalue weighted by atomic mass is 10.0. The number of hydrogen-bond donors (Lipinski definition) is 3. The highest BCUT2D eigenvalue weighted by atomic mass is 35.5. The molecule has 1 aliphatic rings. The van der Waals surface area contributed by atoms with Gasteiger partial charge in [-0.15, -0.1) is 11.3 Å². The number of nitrogens with zero attached hydrogens (tertiary/aromatic N) is 3. The summed E-state index contributed by atoms with van der Waals surface area (Å²) in [4.78, 5) is 44.4. The molecule has 1 aromatic heterocycles. The van der Waals surface area contributed by atoms with E-state index < -0.39 is 6.04 Å². The summed E-state index contributed by atoms with van der Waals surface area (Å²) in [5, 5.41) is 8.71. The van der Waals surface area contributed by atoms with Gasteiger partial charge in [0, 0.05) is 68.1 Å². The van der Waals surface area contributed by atoms with Crippen molar-refractivity contribution >= 4 is 69.9 Å².